The van der Waals surface area contributed by atoms with Gasteiger partial charge in [-0.2, -0.15) is 0 Å². The van der Waals surface area contributed by atoms with E-state index in [-0.39, 0.29) is 0 Å². The van der Waals surface area contributed by atoms with Gasteiger partial charge in [0.25, 0.3) is 0 Å². The van der Waals surface area contributed by atoms with Crippen LogP contribution in [0.25, 0.3) is 0 Å². The second kappa shape index (κ2) is 5.47. The maximum absolute atomic E-state index is 8.87. The number of hydrogen-bond acceptors (Lipinski definition) is 2. The number of likely N-dealkylation sites (tertiary alicyclic amines) is 1. The second-order valence-corrected chi connectivity index (χ2v) is 5.76. The standard InChI is InChI=1S/C11H22BrNO/c1-11(2,8-12)9-13-5-3-10(7-13)4-6-14/h10,14H,3-9H2,1-2H3. The molecule has 0 spiro atoms. The van der Waals surface area contributed by atoms with Crippen molar-refractivity contribution in [2.45, 2.75) is 26.7 Å². The summed E-state index contributed by atoms with van der Waals surface area (Å²) in [5.74, 6) is 0.728. The summed E-state index contributed by atoms with van der Waals surface area (Å²) in [5.41, 5.74) is 0.369. The van der Waals surface area contributed by atoms with E-state index in [9.17, 15) is 0 Å². The van der Waals surface area contributed by atoms with Gasteiger partial charge in [0.1, 0.15) is 0 Å². The van der Waals surface area contributed by atoms with E-state index in [0.29, 0.717) is 12.0 Å². The molecule has 84 valence electrons. The average molecular weight is 264 g/mol. The molecule has 1 aliphatic heterocycles. The van der Waals surface area contributed by atoms with Gasteiger partial charge in [-0.15, -0.1) is 0 Å². The lowest BCUT2D eigenvalue weighted by Gasteiger charge is -2.28. The fourth-order valence-corrected chi connectivity index (χ4v) is 2.30. The van der Waals surface area contributed by atoms with E-state index in [1.807, 2.05) is 0 Å². The molecule has 0 aromatic rings. The Morgan fingerprint density at radius 3 is 2.79 bits per heavy atom. The van der Waals surface area contributed by atoms with E-state index in [4.69, 9.17) is 5.11 Å². The Morgan fingerprint density at radius 2 is 2.21 bits per heavy atom. The Kier molecular flexibility index (Phi) is 4.88. The number of hydrogen-bond donors (Lipinski definition) is 1. The largest absolute Gasteiger partial charge is 0.396 e. The molecule has 1 N–H and O–H groups in total. The fourth-order valence-electron chi connectivity index (χ4n) is 2.12. The van der Waals surface area contributed by atoms with Crippen LogP contribution in [0.5, 0.6) is 0 Å². The molecule has 0 aliphatic carbocycles. The van der Waals surface area contributed by atoms with E-state index in [0.717, 1.165) is 17.7 Å². The van der Waals surface area contributed by atoms with Crippen LogP contribution in [0.15, 0.2) is 0 Å². The highest BCUT2D eigenvalue weighted by Crippen LogP contribution is 2.25. The minimum absolute atomic E-state index is 0.348. The third-order valence-electron chi connectivity index (χ3n) is 2.92. The lowest BCUT2D eigenvalue weighted by Crippen LogP contribution is -2.33. The molecule has 0 saturated carbocycles. The number of alkyl halides is 1. The molecule has 0 aromatic carbocycles. The molecule has 0 bridgehead atoms. The quantitative estimate of drug-likeness (QED) is 0.769. The summed E-state index contributed by atoms with van der Waals surface area (Å²) in [5, 5.41) is 9.92. The van der Waals surface area contributed by atoms with Gasteiger partial charge in [0.2, 0.25) is 0 Å². The summed E-state index contributed by atoms with van der Waals surface area (Å²) in [6.45, 7) is 8.49. The smallest absolute Gasteiger partial charge is 0.0434 e. The Labute approximate surface area is 95.8 Å². The van der Waals surface area contributed by atoms with E-state index in [1.165, 1.54) is 26.1 Å². The van der Waals surface area contributed by atoms with Gasteiger partial charge in [0.15, 0.2) is 0 Å². The van der Waals surface area contributed by atoms with Crippen LogP contribution in [-0.2, 0) is 0 Å². The lowest BCUT2D eigenvalue weighted by molar-refractivity contribution is 0.214. The molecule has 0 amide bonds. The highest BCUT2D eigenvalue weighted by atomic mass is 79.9. The third-order valence-corrected chi connectivity index (χ3v) is 4.44. The molecule has 2 nitrogen and oxygen atoms in total. The zero-order valence-electron chi connectivity index (χ0n) is 9.30. The minimum atomic E-state index is 0.348. The summed E-state index contributed by atoms with van der Waals surface area (Å²) in [7, 11) is 0. The van der Waals surface area contributed by atoms with Gasteiger partial charge in [0, 0.05) is 25.0 Å². The molecule has 1 aliphatic rings. The number of nitrogens with zero attached hydrogens (tertiary/aromatic N) is 1. The number of aliphatic hydroxyl groups excluding tert-OH is 1. The van der Waals surface area contributed by atoms with Crippen molar-refractivity contribution in [3.8, 4) is 0 Å². The SMILES string of the molecule is CC(C)(CBr)CN1CCC(CCO)C1. The zero-order valence-corrected chi connectivity index (χ0v) is 10.9. The molecule has 1 heterocycles. The topological polar surface area (TPSA) is 23.5 Å². The average Bonchev–Trinajstić information content (AvgIpc) is 2.53. The van der Waals surface area contributed by atoms with Crippen LogP contribution in [0.1, 0.15) is 26.7 Å². The van der Waals surface area contributed by atoms with Gasteiger partial charge in [-0.25, -0.2) is 0 Å². The number of aliphatic hydroxyl groups is 1. The first-order valence-corrected chi connectivity index (χ1v) is 6.59. The summed E-state index contributed by atoms with van der Waals surface area (Å²) >= 11 is 3.56. The molecule has 0 radical (unpaired) electrons. The molecule has 14 heavy (non-hydrogen) atoms. The number of rotatable bonds is 5. The van der Waals surface area contributed by atoms with E-state index in [2.05, 4.69) is 34.7 Å². The Hall–Kier alpha value is 0.400. The van der Waals surface area contributed by atoms with E-state index in [1.54, 1.807) is 0 Å². The summed E-state index contributed by atoms with van der Waals surface area (Å²) in [4.78, 5) is 2.53. The van der Waals surface area contributed by atoms with Crippen LogP contribution in [0.2, 0.25) is 0 Å². The van der Waals surface area contributed by atoms with Gasteiger partial charge < -0.3 is 10.0 Å². The fraction of sp³-hybridized carbons (Fsp3) is 1.00. The van der Waals surface area contributed by atoms with Crippen molar-refractivity contribution in [1.29, 1.82) is 0 Å². The number of halogens is 1. The van der Waals surface area contributed by atoms with Crippen LogP contribution in [-0.4, -0.2) is 41.6 Å². The van der Waals surface area contributed by atoms with Crippen LogP contribution in [0.3, 0.4) is 0 Å². The molecule has 0 aromatic heterocycles. The predicted molar refractivity (Wildman–Crippen MR) is 63.8 cm³/mol. The summed E-state index contributed by atoms with van der Waals surface area (Å²) in [6, 6.07) is 0. The van der Waals surface area contributed by atoms with Gasteiger partial charge in [-0.3, -0.25) is 0 Å². The molecule has 3 heteroatoms. The van der Waals surface area contributed by atoms with Crippen molar-refractivity contribution in [3.63, 3.8) is 0 Å². The second-order valence-electron chi connectivity index (χ2n) is 5.20. The first kappa shape index (κ1) is 12.5. The zero-order chi connectivity index (χ0) is 10.6. The van der Waals surface area contributed by atoms with Crippen molar-refractivity contribution < 1.29 is 5.11 Å². The van der Waals surface area contributed by atoms with Crippen molar-refractivity contribution in [2.24, 2.45) is 11.3 Å². The molecule has 1 unspecified atom stereocenters. The van der Waals surface area contributed by atoms with Gasteiger partial charge >= 0.3 is 0 Å². The van der Waals surface area contributed by atoms with Crippen molar-refractivity contribution >= 4 is 15.9 Å². The lowest BCUT2D eigenvalue weighted by atomic mass is 9.96. The third kappa shape index (κ3) is 3.87. The predicted octanol–water partition coefficient (Wildman–Crippen LogP) is 2.11. The van der Waals surface area contributed by atoms with E-state index >= 15 is 0 Å². The minimum Gasteiger partial charge on any atom is -0.396 e. The molecular formula is C11H22BrNO. The van der Waals surface area contributed by atoms with Crippen LogP contribution >= 0.6 is 15.9 Å². The van der Waals surface area contributed by atoms with Crippen LogP contribution in [0, 0.1) is 11.3 Å². The summed E-state index contributed by atoms with van der Waals surface area (Å²) in [6.07, 6.45) is 2.24. The highest BCUT2D eigenvalue weighted by Gasteiger charge is 2.26. The normalized spacial score (nSPS) is 24.4. The maximum Gasteiger partial charge on any atom is 0.0434 e. The van der Waals surface area contributed by atoms with Gasteiger partial charge in [0.05, 0.1) is 0 Å². The molecule has 1 saturated heterocycles. The Balaban J connectivity index is 2.28. The summed E-state index contributed by atoms with van der Waals surface area (Å²) < 4.78 is 0. The van der Waals surface area contributed by atoms with Gasteiger partial charge in [-0.05, 0) is 30.7 Å². The Bertz CT molecular complexity index is 173. The van der Waals surface area contributed by atoms with E-state index < -0.39 is 0 Å². The van der Waals surface area contributed by atoms with Crippen molar-refractivity contribution in [1.82, 2.24) is 4.90 Å². The Morgan fingerprint density at radius 1 is 1.50 bits per heavy atom. The molecule has 1 fully saturated rings. The van der Waals surface area contributed by atoms with Crippen LogP contribution in [0.4, 0.5) is 0 Å². The molecule has 1 rings (SSSR count). The molecule has 1 atom stereocenters. The van der Waals surface area contributed by atoms with Gasteiger partial charge in [-0.1, -0.05) is 29.8 Å². The molecular weight excluding hydrogens is 242 g/mol. The maximum atomic E-state index is 8.87. The first-order valence-electron chi connectivity index (χ1n) is 5.46. The van der Waals surface area contributed by atoms with Crippen molar-refractivity contribution in [2.75, 3.05) is 31.6 Å². The van der Waals surface area contributed by atoms with Crippen LogP contribution < -0.4 is 0 Å². The highest BCUT2D eigenvalue weighted by molar-refractivity contribution is 9.09. The monoisotopic (exact) mass is 263 g/mol. The first-order chi connectivity index (χ1) is 6.57. The van der Waals surface area contributed by atoms with Crippen molar-refractivity contribution in [3.05, 3.63) is 0 Å².